The lowest BCUT2D eigenvalue weighted by Gasteiger charge is -2.08. The molecule has 0 aliphatic heterocycles. The SMILES string of the molecule is CCCCCCCNc1ccc(I)cc1Cl. The summed E-state index contributed by atoms with van der Waals surface area (Å²) in [7, 11) is 0. The third kappa shape index (κ3) is 5.39. The molecule has 1 N–H and O–H groups in total. The second kappa shape index (κ2) is 8.18. The standard InChI is InChI=1S/C13H19ClIN/c1-2-3-4-5-6-9-16-13-8-7-11(15)10-12(13)14/h7-8,10,16H,2-6,9H2,1H3. The molecular formula is C13H19ClIN. The van der Waals surface area contributed by atoms with Gasteiger partial charge in [-0.05, 0) is 47.2 Å². The minimum atomic E-state index is 0.820. The van der Waals surface area contributed by atoms with Crippen LogP contribution >= 0.6 is 34.2 Å². The third-order valence-corrected chi connectivity index (χ3v) is 3.51. The lowest BCUT2D eigenvalue weighted by atomic mass is 10.1. The fraction of sp³-hybridized carbons (Fsp3) is 0.538. The van der Waals surface area contributed by atoms with E-state index in [0.29, 0.717) is 0 Å². The van der Waals surface area contributed by atoms with Crippen LogP contribution in [0.2, 0.25) is 5.02 Å². The number of benzene rings is 1. The van der Waals surface area contributed by atoms with Crippen molar-refractivity contribution >= 4 is 39.9 Å². The van der Waals surface area contributed by atoms with Crippen molar-refractivity contribution in [3.63, 3.8) is 0 Å². The molecule has 1 aromatic carbocycles. The van der Waals surface area contributed by atoms with Gasteiger partial charge in [-0.3, -0.25) is 0 Å². The van der Waals surface area contributed by atoms with Crippen LogP contribution in [0.1, 0.15) is 39.0 Å². The summed E-state index contributed by atoms with van der Waals surface area (Å²) >= 11 is 8.39. The number of nitrogens with one attached hydrogen (secondary N) is 1. The quantitative estimate of drug-likeness (QED) is 0.517. The van der Waals surface area contributed by atoms with Crippen LogP contribution in [0, 0.1) is 3.57 Å². The second-order valence-electron chi connectivity index (χ2n) is 3.97. The molecule has 0 amide bonds. The first-order valence-corrected chi connectivity index (χ1v) is 7.38. The fourth-order valence-electron chi connectivity index (χ4n) is 1.58. The van der Waals surface area contributed by atoms with Crippen molar-refractivity contribution in [3.8, 4) is 0 Å². The molecular weight excluding hydrogens is 333 g/mol. The predicted molar refractivity (Wildman–Crippen MR) is 81.4 cm³/mol. The molecule has 90 valence electrons. The van der Waals surface area contributed by atoms with Gasteiger partial charge >= 0.3 is 0 Å². The largest absolute Gasteiger partial charge is 0.384 e. The molecule has 0 unspecified atom stereocenters. The van der Waals surface area contributed by atoms with Gasteiger partial charge in [-0.1, -0.05) is 44.2 Å². The maximum absolute atomic E-state index is 6.12. The maximum Gasteiger partial charge on any atom is 0.0648 e. The average Bonchev–Trinajstić information content (AvgIpc) is 2.26. The van der Waals surface area contributed by atoms with E-state index in [-0.39, 0.29) is 0 Å². The molecule has 3 heteroatoms. The van der Waals surface area contributed by atoms with Crippen LogP contribution in [-0.4, -0.2) is 6.54 Å². The van der Waals surface area contributed by atoms with Crippen LogP contribution < -0.4 is 5.32 Å². The van der Waals surface area contributed by atoms with E-state index in [1.165, 1.54) is 35.7 Å². The third-order valence-electron chi connectivity index (χ3n) is 2.53. The normalized spacial score (nSPS) is 10.4. The minimum absolute atomic E-state index is 0.820. The molecule has 0 fully saturated rings. The summed E-state index contributed by atoms with van der Waals surface area (Å²) < 4.78 is 1.18. The number of hydrogen-bond acceptors (Lipinski definition) is 1. The van der Waals surface area contributed by atoms with Crippen LogP contribution in [0.5, 0.6) is 0 Å². The van der Waals surface area contributed by atoms with E-state index >= 15 is 0 Å². The molecule has 0 radical (unpaired) electrons. The van der Waals surface area contributed by atoms with Gasteiger partial charge < -0.3 is 5.32 Å². The Balaban J connectivity index is 2.21. The van der Waals surface area contributed by atoms with Gasteiger partial charge in [-0.2, -0.15) is 0 Å². The van der Waals surface area contributed by atoms with Crippen molar-refractivity contribution in [3.05, 3.63) is 26.8 Å². The highest BCUT2D eigenvalue weighted by Crippen LogP contribution is 2.23. The zero-order valence-electron chi connectivity index (χ0n) is 9.73. The van der Waals surface area contributed by atoms with Gasteiger partial charge in [-0.15, -0.1) is 0 Å². The molecule has 0 heterocycles. The zero-order chi connectivity index (χ0) is 11.8. The van der Waals surface area contributed by atoms with Gasteiger partial charge in [0.25, 0.3) is 0 Å². The molecule has 1 rings (SSSR count). The lowest BCUT2D eigenvalue weighted by molar-refractivity contribution is 0.645. The minimum Gasteiger partial charge on any atom is -0.384 e. The highest BCUT2D eigenvalue weighted by atomic mass is 127. The Morgan fingerprint density at radius 3 is 2.62 bits per heavy atom. The Hall–Kier alpha value is 0.0400. The van der Waals surface area contributed by atoms with Crippen molar-refractivity contribution in [2.75, 3.05) is 11.9 Å². The molecule has 0 bridgehead atoms. The Morgan fingerprint density at radius 1 is 1.19 bits per heavy atom. The number of hydrogen-bond donors (Lipinski definition) is 1. The summed E-state index contributed by atoms with van der Waals surface area (Å²) in [5.74, 6) is 0. The second-order valence-corrected chi connectivity index (χ2v) is 5.62. The van der Waals surface area contributed by atoms with E-state index in [9.17, 15) is 0 Å². The first-order chi connectivity index (χ1) is 7.74. The molecule has 1 nitrogen and oxygen atoms in total. The van der Waals surface area contributed by atoms with Crippen molar-refractivity contribution in [2.45, 2.75) is 39.0 Å². The van der Waals surface area contributed by atoms with Gasteiger partial charge in [-0.25, -0.2) is 0 Å². The number of rotatable bonds is 7. The number of unbranched alkanes of at least 4 members (excludes halogenated alkanes) is 4. The Morgan fingerprint density at radius 2 is 1.94 bits per heavy atom. The van der Waals surface area contributed by atoms with E-state index in [0.717, 1.165) is 17.3 Å². The van der Waals surface area contributed by atoms with E-state index in [2.05, 4.69) is 47.0 Å². The topological polar surface area (TPSA) is 12.0 Å². The lowest BCUT2D eigenvalue weighted by Crippen LogP contribution is -2.01. The first kappa shape index (κ1) is 14.1. The van der Waals surface area contributed by atoms with Crippen LogP contribution in [0.4, 0.5) is 5.69 Å². The monoisotopic (exact) mass is 351 g/mol. The summed E-state index contributed by atoms with van der Waals surface area (Å²) in [6.45, 7) is 3.26. The molecule has 16 heavy (non-hydrogen) atoms. The van der Waals surface area contributed by atoms with Crippen molar-refractivity contribution in [1.82, 2.24) is 0 Å². The molecule has 0 aromatic heterocycles. The van der Waals surface area contributed by atoms with Gasteiger partial charge in [0, 0.05) is 10.1 Å². The van der Waals surface area contributed by atoms with Crippen molar-refractivity contribution in [2.24, 2.45) is 0 Å². The highest BCUT2D eigenvalue weighted by Gasteiger charge is 1.99. The molecule has 0 aliphatic carbocycles. The van der Waals surface area contributed by atoms with E-state index in [4.69, 9.17) is 11.6 Å². The Labute approximate surface area is 117 Å². The molecule has 0 saturated carbocycles. The summed E-state index contributed by atoms with van der Waals surface area (Å²) in [5, 5.41) is 4.20. The molecule has 1 aromatic rings. The van der Waals surface area contributed by atoms with E-state index in [1.54, 1.807) is 0 Å². The summed E-state index contributed by atoms with van der Waals surface area (Å²) in [4.78, 5) is 0. The summed E-state index contributed by atoms with van der Waals surface area (Å²) in [6, 6.07) is 6.11. The Kier molecular flexibility index (Phi) is 7.21. The van der Waals surface area contributed by atoms with Crippen molar-refractivity contribution < 1.29 is 0 Å². The predicted octanol–water partition coefficient (Wildman–Crippen LogP) is 5.33. The summed E-state index contributed by atoms with van der Waals surface area (Å²) in [5.41, 5.74) is 1.05. The Bertz CT molecular complexity index is 315. The smallest absolute Gasteiger partial charge is 0.0648 e. The van der Waals surface area contributed by atoms with Crippen LogP contribution in [0.3, 0.4) is 0 Å². The van der Waals surface area contributed by atoms with Gasteiger partial charge in [0.1, 0.15) is 0 Å². The van der Waals surface area contributed by atoms with Crippen LogP contribution in [-0.2, 0) is 0 Å². The van der Waals surface area contributed by atoms with E-state index < -0.39 is 0 Å². The molecule has 0 spiro atoms. The maximum atomic E-state index is 6.12. The van der Waals surface area contributed by atoms with Crippen LogP contribution in [0.15, 0.2) is 18.2 Å². The first-order valence-electron chi connectivity index (χ1n) is 5.93. The fourth-order valence-corrected chi connectivity index (χ4v) is 2.51. The molecule has 0 saturated heterocycles. The van der Waals surface area contributed by atoms with Gasteiger partial charge in [0.15, 0.2) is 0 Å². The van der Waals surface area contributed by atoms with Gasteiger partial charge in [0.2, 0.25) is 0 Å². The van der Waals surface area contributed by atoms with Gasteiger partial charge in [0.05, 0.1) is 10.7 Å². The highest BCUT2D eigenvalue weighted by molar-refractivity contribution is 14.1. The number of anilines is 1. The molecule has 0 aliphatic rings. The molecule has 0 atom stereocenters. The number of halogens is 2. The summed E-state index contributed by atoms with van der Waals surface area (Å²) in [6.07, 6.45) is 6.53. The average molecular weight is 352 g/mol. The van der Waals surface area contributed by atoms with Crippen LogP contribution in [0.25, 0.3) is 0 Å². The zero-order valence-corrected chi connectivity index (χ0v) is 12.6. The van der Waals surface area contributed by atoms with E-state index in [1.807, 2.05) is 6.07 Å². The van der Waals surface area contributed by atoms with Crippen molar-refractivity contribution in [1.29, 1.82) is 0 Å².